The first-order chi connectivity index (χ1) is 18.0. The number of rotatable bonds is 7. The maximum absolute atomic E-state index is 13.5. The minimum Gasteiger partial charge on any atom is -0.348 e. The summed E-state index contributed by atoms with van der Waals surface area (Å²) in [6.45, 7) is 10.5. The molecular weight excluding hydrogens is 498 g/mol. The zero-order valence-corrected chi connectivity index (χ0v) is 22.7. The number of nitrogens with zero attached hydrogens (tertiary/aromatic N) is 1. The van der Waals surface area contributed by atoms with Gasteiger partial charge in [-0.2, -0.15) is 0 Å². The van der Waals surface area contributed by atoms with Crippen LogP contribution in [0.25, 0.3) is 0 Å². The summed E-state index contributed by atoms with van der Waals surface area (Å²) in [4.78, 5) is 24.7. The van der Waals surface area contributed by atoms with E-state index in [4.69, 9.17) is 0 Å². The molecule has 0 spiro atoms. The van der Waals surface area contributed by atoms with Crippen molar-refractivity contribution >= 4 is 27.5 Å². The Morgan fingerprint density at radius 1 is 1.00 bits per heavy atom. The van der Waals surface area contributed by atoms with Crippen LogP contribution in [-0.2, 0) is 26.8 Å². The van der Waals surface area contributed by atoms with E-state index in [0.29, 0.717) is 24.2 Å². The lowest BCUT2D eigenvalue weighted by Gasteiger charge is -2.35. The molecule has 4 rings (SSSR count). The van der Waals surface area contributed by atoms with Crippen molar-refractivity contribution in [1.29, 1.82) is 0 Å². The molecule has 1 aliphatic heterocycles. The highest BCUT2D eigenvalue weighted by Crippen LogP contribution is 2.37. The van der Waals surface area contributed by atoms with Crippen LogP contribution < -0.4 is 14.9 Å². The molecule has 1 atom stereocenters. The molecule has 0 radical (unpaired) electrons. The van der Waals surface area contributed by atoms with Gasteiger partial charge in [0.1, 0.15) is 0 Å². The number of fused-ring (bicyclic) bond motifs is 1. The first kappa shape index (κ1) is 27.1. The van der Waals surface area contributed by atoms with Gasteiger partial charge >= 0.3 is 0 Å². The minimum atomic E-state index is -3.88. The summed E-state index contributed by atoms with van der Waals surface area (Å²) >= 11 is 0. The fourth-order valence-corrected chi connectivity index (χ4v) is 5.98. The number of nitrogens with one attached hydrogen (secondary N) is 2. The Balaban J connectivity index is 1.47. The van der Waals surface area contributed by atoms with E-state index in [0.717, 1.165) is 11.1 Å². The average Bonchev–Trinajstić information content (AvgIpc) is 2.91. The Morgan fingerprint density at radius 2 is 1.66 bits per heavy atom. The third kappa shape index (κ3) is 5.81. The standard InChI is InChI=1S/C30H33N3O4S/c1-5-28(34)32-26-18-19-33(27-9-7-6-8-25(26)27)38(36,37)24-16-12-22(13-17-24)29(35)31-20-21-10-14-23(15-11-21)30(2,3)4/h5-17,26H,1,18-20H2,2-4H3,(H,31,35)(H,32,34). The number of para-hydroxylation sites is 1. The van der Waals surface area contributed by atoms with Crippen molar-refractivity contribution in [3.63, 3.8) is 0 Å². The van der Waals surface area contributed by atoms with Crippen LogP contribution in [0.5, 0.6) is 0 Å². The summed E-state index contributed by atoms with van der Waals surface area (Å²) in [6.07, 6.45) is 1.62. The number of hydrogen-bond acceptors (Lipinski definition) is 4. The number of benzene rings is 3. The molecule has 3 aromatic carbocycles. The fourth-order valence-electron chi connectivity index (χ4n) is 4.47. The summed E-state index contributed by atoms with van der Waals surface area (Å²) < 4.78 is 28.4. The number of amides is 2. The molecular formula is C30H33N3O4S. The van der Waals surface area contributed by atoms with Crippen LogP contribution >= 0.6 is 0 Å². The molecule has 0 fully saturated rings. The third-order valence-corrected chi connectivity index (χ3v) is 8.51. The van der Waals surface area contributed by atoms with Crippen molar-refractivity contribution in [3.05, 3.63) is 108 Å². The largest absolute Gasteiger partial charge is 0.348 e. The Bertz CT molecular complexity index is 1440. The Morgan fingerprint density at radius 3 is 2.29 bits per heavy atom. The Labute approximate surface area is 224 Å². The van der Waals surface area contributed by atoms with Gasteiger partial charge in [0, 0.05) is 18.7 Å². The van der Waals surface area contributed by atoms with Crippen LogP contribution in [0.2, 0.25) is 0 Å². The van der Waals surface area contributed by atoms with Gasteiger partial charge in [0.05, 0.1) is 16.6 Å². The third-order valence-electron chi connectivity index (χ3n) is 6.68. The number of hydrogen-bond donors (Lipinski definition) is 2. The van der Waals surface area contributed by atoms with Crippen LogP contribution in [0, 0.1) is 0 Å². The molecule has 1 unspecified atom stereocenters. The maximum Gasteiger partial charge on any atom is 0.264 e. The molecule has 7 nitrogen and oxygen atoms in total. The molecule has 198 valence electrons. The van der Waals surface area contributed by atoms with Gasteiger partial charge in [-0.05, 0) is 64.9 Å². The molecule has 3 aromatic rings. The van der Waals surface area contributed by atoms with Crippen molar-refractivity contribution < 1.29 is 18.0 Å². The topological polar surface area (TPSA) is 95.6 Å². The van der Waals surface area contributed by atoms with E-state index in [9.17, 15) is 18.0 Å². The van der Waals surface area contributed by atoms with Crippen molar-refractivity contribution in [2.45, 2.75) is 50.1 Å². The van der Waals surface area contributed by atoms with Gasteiger partial charge in [-0.3, -0.25) is 13.9 Å². The van der Waals surface area contributed by atoms with E-state index >= 15 is 0 Å². The minimum absolute atomic E-state index is 0.0588. The van der Waals surface area contributed by atoms with Crippen molar-refractivity contribution in [2.75, 3.05) is 10.8 Å². The van der Waals surface area contributed by atoms with Crippen LogP contribution in [-0.4, -0.2) is 26.8 Å². The first-order valence-electron chi connectivity index (χ1n) is 12.5. The first-order valence-corrected chi connectivity index (χ1v) is 14.0. The number of anilines is 1. The zero-order valence-electron chi connectivity index (χ0n) is 21.9. The van der Waals surface area contributed by atoms with Crippen LogP contribution in [0.4, 0.5) is 5.69 Å². The Kier molecular flexibility index (Phi) is 7.73. The van der Waals surface area contributed by atoms with Crippen molar-refractivity contribution in [3.8, 4) is 0 Å². The fraction of sp³-hybridized carbons (Fsp3) is 0.267. The monoisotopic (exact) mass is 531 g/mol. The molecule has 0 aliphatic carbocycles. The highest BCUT2D eigenvalue weighted by molar-refractivity contribution is 7.92. The molecule has 1 heterocycles. The summed E-state index contributed by atoms with van der Waals surface area (Å²) in [5.41, 5.74) is 3.89. The lowest BCUT2D eigenvalue weighted by Crippen LogP contribution is -2.40. The maximum atomic E-state index is 13.5. The second kappa shape index (κ2) is 10.8. The second-order valence-corrected chi connectivity index (χ2v) is 12.2. The number of carbonyl (C=O) groups excluding carboxylic acids is 2. The molecule has 1 aliphatic rings. The quantitative estimate of drug-likeness (QED) is 0.426. The van der Waals surface area contributed by atoms with Crippen LogP contribution in [0.3, 0.4) is 0 Å². The van der Waals surface area contributed by atoms with Gasteiger partial charge < -0.3 is 10.6 Å². The van der Waals surface area contributed by atoms with E-state index in [1.807, 2.05) is 24.3 Å². The van der Waals surface area contributed by atoms with Crippen molar-refractivity contribution in [1.82, 2.24) is 10.6 Å². The lowest BCUT2D eigenvalue weighted by molar-refractivity contribution is -0.117. The van der Waals surface area contributed by atoms with Gasteiger partial charge in [0.2, 0.25) is 5.91 Å². The van der Waals surface area contributed by atoms with Crippen molar-refractivity contribution in [2.24, 2.45) is 0 Å². The molecule has 38 heavy (non-hydrogen) atoms. The predicted molar refractivity (Wildman–Crippen MR) is 149 cm³/mol. The Hall–Kier alpha value is -3.91. The van der Waals surface area contributed by atoms with E-state index in [1.54, 1.807) is 12.1 Å². The average molecular weight is 532 g/mol. The lowest BCUT2D eigenvalue weighted by atomic mass is 9.87. The van der Waals surface area contributed by atoms with Gasteiger partial charge in [-0.15, -0.1) is 0 Å². The summed E-state index contributed by atoms with van der Waals surface area (Å²) in [6, 6.07) is 20.9. The van der Waals surface area contributed by atoms with Gasteiger partial charge in [-0.1, -0.05) is 69.8 Å². The molecule has 0 saturated carbocycles. The van der Waals surface area contributed by atoms with E-state index in [-0.39, 0.29) is 34.7 Å². The SMILES string of the molecule is C=CC(=O)NC1CCN(S(=O)(=O)c2ccc(C(=O)NCc3ccc(C(C)(C)C)cc3)cc2)c2ccccc21. The smallest absolute Gasteiger partial charge is 0.264 e. The highest BCUT2D eigenvalue weighted by atomic mass is 32.2. The molecule has 0 bridgehead atoms. The summed E-state index contributed by atoms with van der Waals surface area (Å²) in [7, 11) is -3.88. The molecule has 0 aromatic heterocycles. The molecule has 0 saturated heterocycles. The normalized spacial score (nSPS) is 15.3. The van der Waals surface area contributed by atoms with Gasteiger partial charge in [0.15, 0.2) is 0 Å². The van der Waals surface area contributed by atoms with Crippen LogP contribution in [0.1, 0.15) is 60.3 Å². The molecule has 2 N–H and O–H groups in total. The molecule has 8 heteroatoms. The van der Waals surface area contributed by atoms with Crippen LogP contribution in [0.15, 0.2) is 90.3 Å². The van der Waals surface area contributed by atoms with Gasteiger partial charge in [-0.25, -0.2) is 8.42 Å². The summed E-state index contributed by atoms with van der Waals surface area (Å²) in [5.74, 6) is -0.588. The number of sulfonamides is 1. The predicted octanol–water partition coefficient (Wildman–Crippen LogP) is 4.86. The van der Waals surface area contributed by atoms with Gasteiger partial charge in [0.25, 0.3) is 15.9 Å². The highest BCUT2D eigenvalue weighted by Gasteiger charge is 2.33. The zero-order chi connectivity index (χ0) is 27.5. The summed E-state index contributed by atoms with van der Waals surface area (Å²) in [5, 5.41) is 5.76. The van der Waals surface area contributed by atoms with E-state index in [1.165, 1.54) is 40.2 Å². The second-order valence-electron chi connectivity index (χ2n) is 10.3. The molecule has 2 amide bonds. The van der Waals surface area contributed by atoms with E-state index < -0.39 is 10.0 Å². The number of carbonyl (C=O) groups is 2. The van der Waals surface area contributed by atoms with E-state index in [2.05, 4.69) is 50.1 Å².